The molecule has 0 spiro atoms. The molecule has 0 fully saturated rings. The van der Waals surface area contributed by atoms with E-state index < -0.39 is 4.92 Å². The average molecular weight is 341 g/mol. The fraction of sp³-hybridized carbons (Fsp3) is 0.176. The highest BCUT2D eigenvalue weighted by Gasteiger charge is 2.20. The number of benzene rings is 2. The molecule has 122 valence electrons. The lowest BCUT2D eigenvalue weighted by Crippen LogP contribution is -2.20. The maximum absolute atomic E-state index is 12.5. The number of anilines is 1. The van der Waals surface area contributed by atoms with Crippen LogP contribution in [0.15, 0.2) is 48.5 Å². The molecule has 1 aromatic heterocycles. The van der Waals surface area contributed by atoms with Crippen molar-refractivity contribution in [3.8, 4) is 0 Å². The minimum absolute atomic E-state index is 0.0137. The summed E-state index contributed by atoms with van der Waals surface area (Å²) in [6.45, 7) is 1.96. The molecule has 0 aliphatic carbocycles. The van der Waals surface area contributed by atoms with Crippen LogP contribution in [0.5, 0.6) is 0 Å². The van der Waals surface area contributed by atoms with Crippen molar-refractivity contribution in [3.63, 3.8) is 0 Å². The van der Waals surface area contributed by atoms with Crippen LogP contribution in [0, 0.1) is 10.1 Å². The van der Waals surface area contributed by atoms with Crippen molar-refractivity contribution < 1.29 is 9.72 Å². The second-order valence-corrected chi connectivity index (χ2v) is 6.32. The van der Waals surface area contributed by atoms with E-state index in [9.17, 15) is 14.9 Å². The third-order valence-corrected chi connectivity index (χ3v) is 4.67. The largest absolute Gasteiger partial charge is 0.301 e. The van der Waals surface area contributed by atoms with Crippen LogP contribution in [0.25, 0.3) is 10.2 Å². The Balaban J connectivity index is 1.83. The summed E-state index contributed by atoms with van der Waals surface area (Å²) in [5, 5.41) is 14.1. The monoisotopic (exact) mass is 341 g/mol. The molecule has 1 N–H and O–H groups in total. The summed E-state index contributed by atoms with van der Waals surface area (Å²) in [5.41, 5.74) is 1.60. The predicted molar refractivity (Wildman–Crippen MR) is 94.4 cm³/mol. The normalized spacial score (nSPS) is 12.0. The Hall–Kier alpha value is -2.80. The number of aromatic nitrogens is 1. The van der Waals surface area contributed by atoms with Gasteiger partial charge in [0.15, 0.2) is 5.13 Å². The van der Waals surface area contributed by atoms with E-state index >= 15 is 0 Å². The smallest absolute Gasteiger partial charge is 0.270 e. The molecule has 6 nitrogen and oxygen atoms in total. The highest BCUT2D eigenvalue weighted by atomic mass is 32.1. The molecule has 0 aliphatic rings. The first-order chi connectivity index (χ1) is 11.6. The first-order valence-electron chi connectivity index (χ1n) is 7.49. The van der Waals surface area contributed by atoms with Gasteiger partial charge in [-0.15, -0.1) is 0 Å². The molecule has 0 radical (unpaired) electrons. The number of amides is 1. The zero-order valence-electron chi connectivity index (χ0n) is 12.9. The quantitative estimate of drug-likeness (QED) is 0.552. The molecule has 0 aliphatic heterocycles. The van der Waals surface area contributed by atoms with E-state index in [0.717, 1.165) is 5.56 Å². The molecular weight excluding hydrogens is 326 g/mol. The Kier molecular flexibility index (Phi) is 4.52. The Morgan fingerprint density at radius 3 is 2.71 bits per heavy atom. The van der Waals surface area contributed by atoms with Gasteiger partial charge in [-0.3, -0.25) is 14.9 Å². The minimum Gasteiger partial charge on any atom is -0.301 e. The predicted octanol–water partition coefficient (Wildman–Crippen LogP) is 4.34. The molecule has 7 heteroatoms. The van der Waals surface area contributed by atoms with Crippen molar-refractivity contribution in [2.75, 3.05) is 5.32 Å². The highest BCUT2D eigenvalue weighted by Crippen LogP contribution is 2.30. The summed E-state index contributed by atoms with van der Waals surface area (Å²) in [6.07, 6.45) is 0.673. The van der Waals surface area contributed by atoms with Crippen LogP contribution in [0.2, 0.25) is 0 Å². The van der Waals surface area contributed by atoms with Gasteiger partial charge in [-0.1, -0.05) is 48.6 Å². The SMILES string of the molecule is CC[C@H](C(=O)Nc1nc2ccc([N+](=O)[O-])cc2s1)c1ccccc1. The van der Waals surface area contributed by atoms with Crippen molar-refractivity contribution in [1.29, 1.82) is 0 Å². The lowest BCUT2D eigenvalue weighted by Gasteiger charge is -2.13. The van der Waals surface area contributed by atoms with Gasteiger partial charge < -0.3 is 5.32 Å². The number of fused-ring (bicyclic) bond motifs is 1. The van der Waals surface area contributed by atoms with Gasteiger partial charge in [-0.2, -0.15) is 0 Å². The third-order valence-electron chi connectivity index (χ3n) is 3.74. The van der Waals surface area contributed by atoms with Crippen LogP contribution >= 0.6 is 11.3 Å². The number of nitro benzene ring substituents is 1. The fourth-order valence-corrected chi connectivity index (χ4v) is 3.43. The average Bonchev–Trinajstić information content (AvgIpc) is 2.97. The second kappa shape index (κ2) is 6.76. The molecule has 0 saturated heterocycles. The third kappa shape index (κ3) is 3.26. The molecule has 0 bridgehead atoms. The molecular formula is C17H15N3O3S. The summed E-state index contributed by atoms with van der Waals surface area (Å²) in [5.74, 6) is -0.384. The summed E-state index contributed by atoms with van der Waals surface area (Å²) in [6, 6.07) is 14.0. The molecule has 1 atom stereocenters. The number of hydrogen-bond acceptors (Lipinski definition) is 5. The summed E-state index contributed by atoms with van der Waals surface area (Å²) < 4.78 is 0.673. The van der Waals surface area contributed by atoms with Crippen molar-refractivity contribution >= 4 is 38.3 Å². The van der Waals surface area contributed by atoms with E-state index in [1.165, 1.54) is 23.5 Å². The number of rotatable bonds is 5. The Labute approximate surface area is 142 Å². The number of carbonyl (C=O) groups is 1. The van der Waals surface area contributed by atoms with E-state index in [4.69, 9.17) is 0 Å². The van der Waals surface area contributed by atoms with E-state index in [-0.39, 0.29) is 17.5 Å². The Morgan fingerprint density at radius 2 is 2.04 bits per heavy atom. The number of non-ortho nitro benzene ring substituents is 1. The summed E-state index contributed by atoms with van der Waals surface area (Å²) in [4.78, 5) is 27.3. The van der Waals surface area contributed by atoms with Crippen LogP contribution in [-0.2, 0) is 4.79 Å². The molecule has 1 amide bonds. The van der Waals surface area contributed by atoms with E-state index in [0.29, 0.717) is 21.8 Å². The van der Waals surface area contributed by atoms with Crippen LogP contribution in [-0.4, -0.2) is 15.8 Å². The maximum Gasteiger partial charge on any atom is 0.270 e. The maximum atomic E-state index is 12.5. The molecule has 3 rings (SSSR count). The van der Waals surface area contributed by atoms with Gasteiger partial charge >= 0.3 is 0 Å². The first-order valence-corrected chi connectivity index (χ1v) is 8.31. The van der Waals surface area contributed by atoms with Crippen molar-refractivity contribution in [3.05, 3.63) is 64.2 Å². The van der Waals surface area contributed by atoms with Crippen LogP contribution in [0.1, 0.15) is 24.8 Å². The van der Waals surface area contributed by atoms with Gasteiger partial charge in [-0.25, -0.2) is 4.98 Å². The fourth-order valence-electron chi connectivity index (χ4n) is 2.53. The Morgan fingerprint density at radius 1 is 1.29 bits per heavy atom. The van der Waals surface area contributed by atoms with Crippen LogP contribution in [0.4, 0.5) is 10.8 Å². The van der Waals surface area contributed by atoms with Crippen LogP contribution in [0.3, 0.4) is 0 Å². The van der Waals surface area contributed by atoms with Crippen LogP contribution < -0.4 is 5.32 Å². The summed E-state index contributed by atoms with van der Waals surface area (Å²) >= 11 is 1.23. The van der Waals surface area contributed by atoms with E-state index in [1.807, 2.05) is 37.3 Å². The lowest BCUT2D eigenvalue weighted by atomic mass is 9.96. The number of hydrogen-bond donors (Lipinski definition) is 1. The molecule has 2 aromatic carbocycles. The van der Waals surface area contributed by atoms with E-state index in [2.05, 4.69) is 10.3 Å². The topological polar surface area (TPSA) is 85.1 Å². The molecule has 24 heavy (non-hydrogen) atoms. The molecule has 0 saturated carbocycles. The van der Waals surface area contributed by atoms with Crippen molar-refractivity contribution in [2.24, 2.45) is 0 Å². The van der Waals surface area contributed by atoms with Gasteiger partial charge in [-0.05, 0) is 18.1 Å². The molecule has 0 unspecified atom stereocenters. The zero-order chi connectivity index (χ0) is 17.1. The number of nitrogens with one attached hydrogen (secondary N) is 1. The number of thiazole rings is 1. The van der Waals surface area contributed by atoms with Gasteiger partial charge in [0, 0.05) is 12.1 Å². The number of nitro groups is 1. The molecule has 1 heterocycles. The lowest BCUT2D eigenvalue weighted by molar-refractivity contribution is -0.384. The number of carbonyl (C=O) groups excluding carboxylic acids is 1. The Bertz CT molecular complexity index is 892. The minimum atomic E-state index is -0.445. The highest BCUT2D eigenvalue weighted by molar-refractivity contribution is 7.22. The van der Waals surface area contributed by atoms with Gasteiger partial charge in [0.25, 0.3) is 5.69 Å². The van der Waals surface area contributed by atoms with Gasteiger partial charge in [0.1, 0.15) is 0 Å². The van der Waals surface area contributed by atoms with Gasteiger partial charge in [0.2, 0.25) is 5.91 Å². The van der Waals surface area contributed by atoms with Gasteiger partial charge in [0.05, 0.1) is 21.1 Å². The summed E-state index contributed by atoms with van der Waals surface area (Å²) in [7, 11) is 0. The zero-order valence-corrected chi connectivity index (χ0v) is 13.7. The first kappa shape index (κ1) is 16.1. The standard InChI is InChI=1S/C17H15N3O3S/c1-2-13(11-6-4-3-5-7-11)16(21)19-17-18-14-9-8-12(20(22)23)10-15(14)24-17/h3-10,13H,2H2,1H3,(H,18,19,21)/t13-/m0/s1. The van der Waals surface area contributed by atoms with E-state index in [1.54, 1.807) is 6.07 Å². The van der Waals surface area contributed by atoms with Crippen molar-refractivity contribution in [1.82, 2.24) is 4.98 Å². The van der Waals surface area contributed by atoms with Crippen molar-refractivity contribution in [2.45, 2.75) is 19.3 Å². The molecule has 3 aromatic rings. The second-order valence-electron chi connectivity index (χ2n) is 5.29. The number of nitrogens with zero attached hydrogens (tertiary/aromatic N) is 2.